The number of amides is 1. The van der Waals surface area contributed by atoms with Crippen molar-refractivity contribution in [2.24, 2.45) is 0 Å². The molecule has 1 fully saturated rings. The normalized spacial score (nSPS) is 18.4. The molecule has 2 aromatic rings. The molecule has 3 heterocycles. The van der Waals surface area contributed by atoms with Gasteiger partial charge >= 0.3 is 0 Å². The Kier molecular flexibility index (Phi) is 4.43. The van der Waals surface area contributed by atoms with E-state index in [0.29, 0.717) is 18.3 Å². The molecule has 1 atom stereocenters. The minimum Gasteiger partial charge on any atom is -0.375 e. The van der Waals surface area contributed by atoms with E-state index < -0.39 is 0 Å². The summed E-state index contributed by atoms with van der Waals surface area (Å²) >= 11 is 0. The number of hydrogen-bond acceptors (Lipinski definition) is 6. The van der Waals surface area contributed by atoms with Crippen molar-refractivity contribution in [3.8, 4) is 11.4 Å². The largest absolute Gasteiger partial charge is 0.375 e. The van der Waals surface area contributed by atoms with Gasteiger partial charge in [0.25, 0.3) is 0 Å². The average Bonchev–Trinajstić information content (AvgIpc) is 3.06. The highest BCUT2D eigenvalue weighted by Crippen LogP contribution is 2.31. The molecule has 0 aromatic carbocycles. The summed E-state index contributed by atoms with van der Waals surface area (Å²) in [6, 6.07) is 3.48. The first kappa shape index (κ1) is 14.6. The van der Waals surface area contributed by atoms with E-state index in [1.807, 2.05) is 12.1 Å². The summed E-state index contributed by atoms with van der Waals surface area (Å²) in [6.45, 7) is 0.766. The number of hydrogen-bond donors (Lipinski definition) is 0. The molecule has 22 heavy (non-hydrogen) atoms. The van der Waals surface area contributed by atoms with Crippen LogP contribution in [0.2, 0.25) is 0 Å². The van der Waals surface area contributed by atoms with Crippen LogP contribution in [0.1, 0.15) is 31.2 Å². The van der Waals surface area contributed by atoms with Gasteiger partial charge in [0.2, 0.25) is 17.6 Å². The SMILES string of the molecule is COCC(=O)N1CCCCC1c1nc(-c2ccncc2)no1. The standard InChI is InChI=1S/C15H18N4O3/c1-21-10-13(20)19-9-3-2-4-12(19)15-17-14(18-22-15)11-5-7-16-8-6-11/h5-8,12H,2-4,9-10H2,1H3. The van der Waals surface area contributed by atoms with Crippen LogP contribution >= 0.6 is 0 Å². The second-order valence-corrected chi connectivity index (χ2v) is 5.22. The zero-order valence-electron chi connectivity index (χ0n) is 12.4. The van der Waals surface area contributed by atoms with Crippen LogP contribution in [0.15, 0.2) is 29.0 Å². The van der Waals surface area contributed by atoms with Crippen LogP contribution in [0.3, 0.4) is 0 Å². The lowest BCUT2D eigenvalue weighted by Gasteiger charge is -2.33. The highest BCUT2D eigenvalue weighted by atomic mass is 16.5. The Balaban J connectivity index is 1.82. The molecule has 0 radical (unpaired) electrons. The van der Waals surface area contributed by atoms with Crippen molar-refractivity contribution in [1.29, 1.82) is 0 Å². The fraction of sp³-hybridized carbons (Fsp3) is 0.467. The molecule has 1 unspecified atom stereocenters. The minimum atomic E-state index is -0.167. The number of methoxy groups -OCH3 is 1. The van der Waals surface area contributed by atoms with Crippen LogP contribution in [0.25, 0.3) is 11.4 Å². The lowest BCUT2D eigenvalue weighted by molar-refractivity contribution is -0.139. The van der Waals surface area contributed by atoms with E-state index in [1.165, 1.54) is 7.11 Å². The molecular weight excluding hydrogens is 284 g/mol. The number of likely N-dealkylation sites (tertiary alicyclic amines) is 1. The Morgan fingerprint density at radius 1 is 1.41 bits per heavy atom. The van der Waals surface area contributed by atoms with Crippen LogP contribution in [0.5, 0.6) is 0 Å². The molecule has 0 saturated carbocycles. The van der Waals surface area contributed by atoms with E-state index in [2.05, 4.69) is 15.1 Å². The number of carbonyl (C=O) groups is 1. The van der Waals surface area contributed by atoms with Gasteiger partial charge in [-0.25, -0.2) is 0 Å². The van der Waals surface area contributed by atoms with Crippen LogP contribution < -0.4 is 0 Å². The summed E-state index contributed by atoms with van der Waals surface area (Å²) in [5.74, 6) is 0.953. The summed E-state index contributed by atoms with van der Waals surface area (Å²) in [5, 5.41) is 4.02. The Bertz CT molecular complexity index is 629. The zero-order valence-corrected chi connectivity index (χ0v) is 12.4. The molecule has 3 rings (SSSR count). The zero-order chi connectivity index (χ0) is 15.4. The third-order valence-electron chi connectivity index (χ3n) is 3.76. The molecule has 116 valence electrons. The first-order valence-corrected chi connectivity index (χ1v) is 7.32. The van der Waals surface area contributed by atoms with E-state index in [0.717, 1.165) is 24.8 Å². The van der Waals surface area contributed by atoms with E-state index in [4.69, 9.17) is 9.26 Å². The predicted octanol–water partition coefficient (Wildman–Crippen LogP) is 1.83. The van der Waals surface area contributed by atoms with Gasteiger partial charge in [0.1, 0.15) is 12.6 Å². The number of aromatic nitrogens is 3. The van der Waals surface area contributed by atoms with Gasteiger partial charge in [0.05, 0.1) is 0 Å². The Morgan fingerprint density at radius 2 is 2.23 bits per heavy atom. The van der Waals surface area contributed by atoms with Crippen LogP contribution in [-0.4, -0.2) is 46.2 Å². The van der Waals surface area contributed by atoms with E-state index in [-0.39, 0.29) is 18.6 Å². The first-order chi connectivity index (χ1) is 10.8. The fourth-order valence-electron chi connectivity index (χ4n) is 2.68. The molecule has 2 aromatic heterocycles. The molecule has 0 N–H and O–H groups in total. The number of piperidine rings is 1. The molecule has 1 amide bonds. The highest BCUT2D eigenvalue weighted by molar-refractivity contribution is 5.78. The maximum atomic E-state index is 12.2. The fourth-order valence-corrected chi connectivity index (χ4v) is 2.68. The van der Waals surface area contributed by atoms with Crippen molar-refractivity contribution < 1.29 is 14.1 Å². The molecule has 0 bridgehead atoms. The second kappa shape index (κ2) is 6.65. The smallest absolute Gasteiger partial charge is 0.249 e. The van der Waals surface area contributed by atoms with Gasteiger partial charge in [-0.15, -0.1) is 0 Å². The monoisotopic (exact) mass is 302 g/mol. The lowest BCUT2D eigenvalue weighted by atomic mass is 10.0. The van der Waals surface area contributed by atoms with Crippen molar-refractivity contribution in [3.05, 3.63) is 30.4 Å². The van der Waals surface area contributed by atoms with Crippen LogP contribution in [-0.2, 0) is 9.53 Å². The number of pyridine rings is 1. The first-order valence-electron chi connectivity index (χ1n) is 7.32. The Morgan fingerprint density at radius 3 is 3.00 bits per heavy atom. The minimum absolute atomic E-state index is 0.0455. The molecule has 1 aliphatic heterocycles. The quantitative estimate of drug-likeness (QED) is 0.857. The van der Waals surface area contributed by atoms with Crippen molar-refractivity contribution in [2.45, 2.75) is 25.3 Å². The summed E-state index contributed by atoms with van der Waals surface area (Å²) < 4.78 is 10.4. The van der Waals surface area contributed by atoms with Gasteiger partial charge in [-0.05, 0) is 31.4 Å². The molecule has 7 nitrogen and oxygen atoms in total. The van der Waals surface area contributed by atoms with Gasteiger partial charge in [0, 0.05) is 31.6 Å². The third-order valence-corrected chi connectivity index (χ3v) is 3.76. The molecule has 7 heteroatoms. The van der Waals surface area contributed by atoms with Crippen molar-refractivity contribution >= 4 is 5.91 Å². The van der Waals surface area contributed by atoms with E-state index in [9.17, 15) is 4.79 Å². The topological polar surface area (TPSA) is 81.4 Å². The van der Waals surface area contributed by atoms with Crippen LogP contribution in [0.4, 0.5) is 0 Å². The van der Waals surface area contributed by atoms with E-state index >= 15 is 0 Å². The van der Waals surface area contributed by atoms with Crippen molar-refractivity contribution in [2.75, 3.05) is 20.3 Å². The molecular formula is C15H18N4O3. The molecule has 1 aliphatic rings. The number of ether oxygens (including phenoxy) is 1. The maximum Gasteiger partial charge on any atom is 0.249 e. The Labute approximate surface area is 128 Å². The highest BCUT2D eigenvalue weighted by Gasteiger charge is 2.32. The summed E-state index contributed by atoms with van der Waals surface area (Å²) in [6.07, 6.45) is 6.21. The van der Waals surface area contributed by atoms with Gasteiger partial charge < -0.3 is 14.2 Å². The van der Waals surface area contributed by atoms with Crippen molar-refractivity contribution in [1.82, 2.24) is 20.0 Å². The maximum absolute atomic E-state index is 12.2. The molecule has 0 aliphatic carbocycles. The average molecular weight is 302 g/mol. The van der Waals surface area contributed by atoms with E-state index in [1.54, 1.807) is 17.3 Å². The van der Waals surface area contributed by atoms with Crippen LogP contribution in [0, 0.1) is 0 Å². The van der Waals surface area contributed by atoms with Gasteiger partial charge in [0.15, 0.2) is 0 Å². The molecule has 1 saturated heterocycles. The number of nitrogens with zero attached hydrogens (tertiary/aromatic N) is 4. The predicted molar refractivity (Wildman–Crippen MR) is 77.7 cm³/mol. The number of carbonyl (C=O) groups excluding carboxylic acids is 1. The van der Waals surface area contributed by atoms with Gasteiger partial charge in [-0.1, -0.05) is 5.16 Å². The summed E-state index contributed by atoms with van der Waals surface area (Å²) in [4.78, 5) is 22.4. The summed E-state index contributed by atoms with van der Waals surface area (Å²) in [5.41, 5.74) is 0.843. The lowest BCUT2D eigenvalue weighted by Crippen LogP contribution is -2.40. The number of rotatable bonds is 4. The van der Waals surface area contributed by atoms with Crippen molar-refractivity contribution in [3.63, 3.8) is 0 Å². The van der Waals surface area contributed by atoms with Gasteiger partial charge in [-0.2, -0.15) is 4.98 Å². The van der Waals surface area contributed by atoms with Gasteiger partial charge in [-0.3, -0.25) is 9.78 Å². The third kappa shape index (κ3) is 2.99. The Hall–Kier alpha value is -2.28. The second-order valence-electron chi connectivity index (χ2n) is 5.22. The summed E-state index contributed by atoms with van der Waals surface area (Å²) in [7, 11) is 1.52. The molecule has 0 spiro atoms.